The molecule has 2 heteroatoms. The molecule has 0 aromatic heterocycles. The first-order valence-electron chi connectivity index (χ1n) is 5.43. The second kappa shape index (κ2) is 6.39. The van der Waals surface area contributed by atoms with Gasteiger partial charge in [0.15, 0.2) is 0 Å². The van der Waals surface area contributed by atoms with Gasteiger partial charge in [-0.25, -0.2) is 0 Å². The van der Waals surface area contributed by atoms with Crippen molar-refractivity contribution in [3.8, 4) is 0 Å². The van der Waals surface area contributed by atoms with Crippen LogP contribution in [-0.2, 0) is 0 Å². The third-order valence-corrected chi connectivity index (χ3v) is 2.92. The summed E-state index contributed by atoms with van der Waals surface area (Å²) in [6.07, 6.45) is 1.24. The first kappa shape index (κ1) is 12.9. The molecule has 0 N–H and O–H groups in total. The van der Waals surface area contributed by atoms with Crippen molar-refractivity contribution in [2.24, 2.45) is 0 Å². The summed E-state index contributed by atoms with van der Waals surface area (Å²) in [4.78, 5) is 4.85. The number of hydrogen-bond acceptors (Lipinski definition) is 2. The summed E-state index contributed by atoms with van der Waals surface area (Å²) >= 11 is 0. The molecule has 1 atom stereocenters. The van der Waals surface area contributed by atoms with Gasteiger partial charge in [0.05, 0.1) is 0 Å². The fourth-order valence-electron chi connectivity index (χ4n) is 1.46. The van der Waals surface area contributed by atoms with E-state index >= 15 is 0 Å². The van der Waals surface area contributed by atoms with Crippen molar-refractivity contribution in [3.05, 3.63) is 0 Å². The fourth-order valence-corrected chi connectivity index (χ4v) is 1.46. The van der Waals surface area contributed by atoms with Crippen LogP contribution in [0.2, 0.25) is 0 Å². The van der Waals surface area contributed by atoms with Crippen LogP contribution in [0.25, 0.3) is 0 Å². The van der Waals surface area contributed by atoms with Crippen LogP contribution in [-0.4, -0.2) is 49.1 Å². The maximum atomic E-state index is 2.46. The molecule has 0 fully saturated rings. The third kappa shape index (κ3) is 4.63. The lowest BCUT2D eigenvalue weighted by Crippen LogP contribution is -2.43. The Morgan fingerprint density at radius 1 is 1.08 bits per heavy atom. The van der Waals surface area contributed by atoms with E-state index in [1.807, 2.05) is 0 Å². The van der Waals surface area contributed by atoms with Crippen LogP contribution in [0.15, 0.2) is 0 Å². The van der Waals surface area contributed by atoms with Crippen LogP contribution in [0.4, 0.5) is 0 Å². The minimum Gasteiger partial charge on any atom is -0.305 e. The lowest BCUT2D eigenvalue weighted by molar-refractivity contribution is 0.148. The van der Waals surface area contributed by atoms with E-state index in [1.54, 1.807) is 0 Å². The number of nitrogens with zero attached hydrogens (tertiary/aromatic N) is 2. The van der Waals surface area contributed by atoms with Crippen molar-refractivity contribution in [1.82, 2.24) is 9.80 Å². The monoisotopic (exact) mass is 186 g/mol. The second-order valence-electron chi connectivity index (χ2n) is 4.18. The molecule has 0 saturated carbocycles. The molecule has 0 bridgehead atoms. The summed E-state index contributed by atoms with van der Waals surface area (Å²) in [6, 6.07) is 1.35. The normalized spacial score (nSPS) is 14.5. The number of hydrogen-bond donors (Lipinski definition) is 0. The molecule has 0 rings (SSSR count). The van der Waals surface area contributed by atoms with Gasteiger partial charge < -0.3 is 4.90 Å². The van der Waals surface area contributed by atoms with E-state index in [9.17, 15) is 0 Å². The van der Waals surface area contributed by atoms with Gasteiger partial charge in [0.25, 0.3) is 0 Å². The minimum atomic E-state index is 0.648. The highest BCUT2D eigenvalue weighted by atomic mass is 15.2. The summed E-state index contributed by atoms with van der Waals surface area (Å²) in [5, 5.41) is 0. The van der Waals surface area contributed by atoms with Crippen molar-refractivity contribution in [2.75, 3.05) is 27.2 Å². The quantitative estimate of drug-likeness (QED) is 0.626. The highest BCUT2D eigenvalue weighted by molar-refractivity contribution is 4.72. The zero-order valence-electron chi connectivity index (χ0n) is 10.2. The van der Waals surface area contributed by atoms with Gasteiger partial charge in [0, 0.05) is 18.6 Å². The summed E-state index contributed by atoms with van der Waals surface area (Å²) in [6.45, 7) is 11.3. The lowest BCUT2D eigenvalue weighted by atomic mass is 10.1. The molecule has 0 aliphatic heterocycles. The van der Waals surface area contributed by atoms with Gasteiger partial charge in [-0.3, -0.25) is 4.90 Å². The topological polar surface area (TPSA) is 6.48 Å². The Hall–Kier alpha value is -0.0800. The highest BCUT2D eigenvalue weighted by Gasteiger charge is 2.16. The van der Waals surface area contributed by atoms with Crippen LogP contribution in [0.3, 0.4) is 0 Å². The van der Waals surface area contributed by atoms with Crippen molar-refractivity contribution in [1.29, 1.82) is 0 Å². The number of likely N-dealkylation sites (N-methyl/N-ethyl adjacent to an activating group) is 2. The van der Waals surface area contributed by atoms with E-state index in [-0.39, 0.29) is 0 Å². The maximum absolute atomic E-state index is 2.46. The Bertz CT molecular complexity index is 123. The Morgan fingerprint density at radius 3 is 1.92 bits per heavy atom. The van der Waals surface area contributed by atoms with E-state index in [2.05, 4.69) is 51.6 Å². The van der Waals surface area contributed by atoms with E-state index in [4.69, 9.17) is 0 Å². The van der Waals surface area contributed by atoms with Gasteiger partial charge in [0.2, 0.25) is 0 Å². The summed E-state index contributed by atoms with van der Waals surface area (Å²) in [5.41, 5.74) is 0. The van der Waals surface area contributed by atoms with E-state index in [0.717, 1.165) is 6.54 Å². The van der Waals surface area contributed by atoms with Crippen molar-refractivity contribution in [3.63, 3.8) is 0 Å². The van der Waals surface area contributed by atoms with E-state index in [0.29, 0.717) is 12.1 Å². The lowest BCUT2D eigenvalue weighted by Gasteiger charge is -2.33. The molecule has 0 saturated heterocycles. The molecule has 0 amide bonds. The van der Waals surface area contributed by atoms with Crippen LogP contribution < -0.4 is 0 Å². The maximum Gasteiger partial charge on any atom is 0.0220 e. The summed E-state index contributed by atoms with van der Waals surface area (Å²) in [5.74, 6) is 0. The number of rotatable bonds is 6. The zero-order chi connectivity index (χ0) is 10.4. The molecule has 0 spiro atoms. The van der Waals surface area contributed by atoms with Crippen LogP contribution in [0, 0.1) is 0 Å². The summed E-state index contributed by atoms with van der Waals surface area (Å²) < 4.78 is 0. The highest BCUT2D eigenvalue weighted by Crippen LogP contribution is 2.07. The molecule has 0 radical (unpaired) electrons. The van der Waals surface area contributed by atoms with Gasteiger partial charge in [-0.1, -0.05) is 13.8 Å². The molecule has 2 nitrogen and oxygen atoms in total. The Labute approximate surface area is 83.9 Å². The minimum absolute atomic E-state index is 0.648. The second-order valence-corrected chi connectivity index (χ2v) is 4.18. The molecule has 0 aromatic carbocycles. The Balaban J connectivity index is 4.01. The SMILES string of the molecule is CC[C@H](CN(C)CC)N(C)C(C)C. The van der Waals surface area contributed by atoms with Gasteiger partial charge in [-0.05, 0) is 40.9 Å². The van der Waals surface area contributed by atoms with E-state index in [1.165, 1.54) is 13.0 Å². The van der Waals surface area contributed by atoms with Crippen molar-refractivity contribution < 1.29 is 0 Å². The van der Waals surface area contributed by atoms with Crippen LogP contribution >= 0.6 is 0 Å². The molecule has 13 heavy (non-hydrogen) atoms. The van der Waals surface area contributed by atoms with Gasteiger partial charge in [0.1, 0.15) is 0 Å². The predicted molar refractivity (Wildman–Crippen MR) is 60.1 cm³/mol. The Morgan fingerprint density at radius 2 is 1.62 bits per heavy atom. The van der Waals surface area contributed by atoms with Gasteiger partial charge in [-0.15, -0.1) is 0 Å². The smallest absolute Gasteiger partial charge is 0.0220 e. The molecule has 0 aromatic rings. The van der Waals surface area contributed by atoms with Crippen molar-refractivity contribution in [2.45, 2.75) is 46.2 Å². The molecule has 0 aliphatic carbocycles. The molecule has 0 unspecified atom stereocenters. The standard InChI is InChI=1S/C11H26N2/c1-7-11(9-12(5)8-2)13(6)10(3)4/h10-11H,7-9H2,1-6H3/t11-/m1/s1. The average molecular weight is 186 g/mol. The first-order valence-corrected chi connectivity index (χ1v) is 5.43. The zero-order valence-corrected chi connectivity index (χ0v) is 10.2. The van der Waals surface area contributed by atoms with Gasteiger partial charge in [-0.2, -0.15) is 0 Å². The third-order valence-electron chi connectivity index (χ3n) is 2.92. The van der Waals surface area contributed by atoms with Crippen LogP contribution in [0.1, 0.15) is 34.1 Å². The van der Waals surface area contributed by atoms with E-state index < -0.39 is 0 Å². The fraction of sp³-hybridized carbons (Fsp3) is 1.00. The first-order chi connectivity index (χ1) is 6.02. The molecule has 0 heterocycles. The Kier molecular flexibility index (Phi) is 6.35. The molecular weight excluding hydrogens is 160 g/mol. The molecule has 0 aliphatic rings. The molecule has 80 valence electrons. The summed E-state index contributed by atoms with van der Waals surface area (Å²) in [7, 11) is 4.42. The largest absolute Gasteiger partial charge is 0.305 e. The average Bonchev–Trinajstić information content (AvgIpc) is 2.12. The predicted octanol–water partition coefficient (Wildman–Crippen LogP) is 2.06. The van der Waals surface area contributed by atoms with Crippen LogP contribution in [0.5, 0.6) is 0 Å². The van der Waals surface area contributed by atoms with Gasteiger partial charge >= 0.3 is 0 Å². The molecular formula is C11H26N2. The van der Waals surface area contributed by atoms with Crippen molar-refractivity contribution >= 4 is 0 Å².